The lowest BCUT2D eigenvalue weighted by molar-refractivity contribution is 0.625. The zero-order chi connectivity index (χ0) is 18.2. The van der Waals surface area contributed by atoms with E-state index in [9.17, 15) is 4.39 Å². The van der Waals surface area contributed by atoms with E-state index in [-0.39, 0.29) is 5.82 Å². The number of nitrogens with one attached hydrogen (secondary N) is 2. The molecule has 0 bridgehead atoms. The fraction of sp³-hybridized carbons (Fsp3) is 0.200. The highest BCUT2D eigenvalue weighted by Crippen LogP contribution is 2.21. The average molecular weight is 368 g/mol. The Bertz CT molecular complexity index is 861. The van der Waals surface area contributed by atoms with Crippen molar-refractivity contribution in [1.29, 1.82) is 0 Å². The number of thiazole rings is 1. The summed E-state index contributed by atoms with van der Waals surface area (Å²) in [7, 11) is 0. The van der Waals surface area contributed by atoms with Crippen LogP contribution in [0.3, 0.4) is 0 Å². The Hall–Kier alpha value is -2.73. The van der Waals surface area contributed by atoms with E-state index in [1.165, 1.54) is 12.1 Å². The number of hydrogen-bond donors (Lipinski definition) is 2. The molecular formula is C20H21FN4S. The molecule has 0 aliphatic heterocycles. The van der Waals surface area contributed by atoms with Crippen LogP contribution in [0.25, 0.3) is 11.3 Å². The normalized spacial score (nSPS) is 11.4. The molecule has 0 amide bonds. The van der Waals surface area contributed by atoms with Crippen LogP contribution in [-0.4, -0.2) is 17.5 Å². The van der Waals surface area contributed by atoms with Crippen LogP contribution in [0.5, 0.6) is 0 Å². The van der Waals surface area contributed by atoms with Gasteiger partial charge in [-0.25, -0.2) is 14.4 Å². The second-order valence-corrected chi connectivity index (χ2v) is 6.61. The van der Waals surface area contributed by atoms with Crippen LogP contribution >= 0.6 is 11.3 Å². The number of aliphatic imine (C=N–C) groups is 1. The van der Waals surface area contributed by atoms with Gasteiger partial charge in [0.1, 0.15) is 10.8 Å². The van der Waals surface area contributed by atoms with Gasteiger partial charge in [0.15, 0.2) is 5.96 Å². The molecule has 4 nitrogen and oxygen atoms in total. The number of hydrogen-bond acceptors (Lipinski definition) is 3. The fourth-order valence-electron chi connectivity index (χ4n) is 2.44. The predicted molar refractivity (Wildman–Crippen MR) is 106 cm³/mol. The molecular weight excluding hydrogens is 347 g/mol. The Morgan fingerprint density at radius 1 is 1.12 bits per heavy atom. The summed E-state index contributed by atoms with van der Waals surface area (Å²) in [4.78, 5) is 9.18. The molecule has 0 fully saturated rings. The van der Waals surface area contributed by atoms with Gasteiger partial charge < -0.3 is 10.6 Å². The largest absolute Gasteiger partial charge is 0.357 e. The fourth-order valence-corrected chi connectivity index (χ4v) is 3.18. The van der Waals surface area contributed by atoms with Gasteiger partial charge in [0, 0.05) is 17.5 Å². The van der Waals surface area contributed by atoms with Crippen molar-refractivity contribution in [3.63, 3.8) is 0 Å². The van der Waals surface area contributed by atoms with Crippen LogP contribution in [0.15, 0.2) is 65.0 Å². The first-order valence-electron chi connectivity index (χ1n) is 8.51. The number of halogens is 1. The summed E-state index contributed by atoms with van der Waals surface area (Å²) in [6.07, 6.45) is 0. The summed E-state index contributed by atoms with van der Waals surface area (Å²) in [5, 5.41) is 9.52. The first-order chi connectivity index (χ1) is 12.7. The van der Waals surface area contributed by atoms with Crippen molar-refractivity contribution in [2.24, 2.45) is 4.99 Å². The van der Waals surface area contributed by atoms with Crippen molar-refractivity contribution < 1.29 is 4.39 Å². The minimum atomic E-state index is -0.244. The highest BCUT2D eigenvalue weighted by molar-refractivity contribution is 7.09. The van der Waals surface area contributed by atoms with Crippen molar-refractivity contribution in [2.75, 3.05) is 6.54 Å². The smallest absolute Gasteiger partial charge is 0.191 e. The first kappa shape index (κ1) is 18.1. The molecule has 0 radical (unpaired) electrons. The molecule has 134 valence electrons. The molecule has 0 atom stereocenters. The summed E-state index contributed by atoms with van der Waals surface area (Å²) in [6.45, 7) is 3.77. The summed E-state index contributed by atoms with van der Waals surface area (Å²) < 4.78 is 13.3. The minimum absolute atomic E-state index is 0.244. The number of benzene rings is 2. The monoisotopic (exact) mass is 368 g/mol. The molecule has 0 spiro atoms. The lowest BCUT2D eigenvalue weighted by Gasteiger charge is -2.10. The molecule has 26 heavy (non-hydrogen) atoms. The van der Waals surface area contributed by atoms with Crippen LogP contribution in [-0.2, 0) is 13.1 Å². The Balaban J connectivity index is 1.62. The molecule has 1 heterocycles. The molecule has 1 aromatic heterocycles. The van der Waals surface area contributed by atoms with E-state index in [1.54, 1.807) is 17.4 Å². The van der Waals surface area contributed by atoms with Crippen molar-refractivity contribution in [2.45, 2.75) is 20.0 Å². The van der Waals surface area contributed by atoms with Gasteiger partial charge in [-0.3, -0.25) is 0 Å². The predicted octanol–water partition coefficient (Wildman–Crippen LogP) is 4.20. The Kier molecular flexibility index (Phi) is 6.33. The van der Waals surface area contributed by atoms with Crippen molar-refractivity contribution in [3.8, 4) is 11.3 Å². The van der Waals surface area contributed by atoms with Crippen LogP contribution < -0.4 is 10.6 Å². The topological polar surface area (TPSA) is 49.3 Å². The molecule has 2 N–H and O–H groups in total. The summed E-state index contributed by atoms with van der Waals surface area (Å²) in [6, 6.07) is 16.6. The minimum Gasteiger partial charge on any atom is -0.357 e. The van der Waals surface area contributed by atoms with Gasteiger partial charge in [-0.2, -0.15) is 0 Å². The second-order valence-electron chi connectivity index (χ2n) is 5.67. The van der Waals surface area contributed by atoms with Crippen molar-refractivity contribution in [1.82, 2.24) is 15.6 Å². The Labute approximate surface area is 156 Å². The van der Waals surface area contributed by atoms with E-state index in [0.29, 0.717) is 19.0 Å². The highest BCUT2D eigenvalue weighted by atomic mass is 32.1. The van der Waals surface area contributed by atoms with Gasteiger partial charge in [-0.1, -0.05) is 42.5 Å². The van der Waals surface area contributed by atoms with Gasteiger partial charge in [0.2, 0.25) is 0 Å². The van der Waals surface area contributed by atoms with E-state index in [1.807, 2.05) is 31.2 Å². The van der Waals surface area contributed by atoms with Gasteiger partial charge in [-0.15, -0.1) is 11.3 Å². The zero-order valence-corrected chi connectivity index (χ0v) is 15.4. The van der Waals surface area contributed by atoms with E-state index >= 15 is 0 Å². The molecule has 0 unspecified atom stereocenters. The zero-order valence-electron chi connectivity index (χ0n) is 14.6. The van der Waals surface area contributed by atoms with Crippen LogP contribution in [0, 0.1) is 5.82 Å². The number of rotatable bonds is 6. The van der Waals surface area contributed by atoms with E-state index < -0.39 is 0 Å². The van der Waals surface area contributed by atoms with Crippen molar-refractivity contribution in [3.05, 3.63) is 76.4 Å². The van der Waals surface area contributed by atoms with Crippen LogP contribution in [0.4, 0.5) is 4.39 Å². The molecule has 2 aromatic carbocycles. The Morgan fingerprint density at radius 3 is 2.73 bits per heavy atom. The molecule has 0 aliphatic rings. The van der Waals surface area contributed by atoms with Crippen LogP contribution in [0.2, 0.25) is 0 Å². The third-order valence-corrected chi connectivity index (χ3v) is 4.53. The maximum absolute atomic E-state index is 13.3. The van der Waals surface area contributed by atoms with Crippen LogP contribution in [0.1, 0.15) is 17.5 Å². The van der Waals surface area contributed by atoms with E-state index in [0.717, 1.165) is 28.4 Å². The molecule has 0 saturated carbocycles. The number of aromatic nitrogens is 1. The molecule has 6 heteroatoms. The summed E-state index contributed by atoms with van der Waals surface area (Å²) >= 11 is 1.61. The van der Waals surface area contributed by atoms with Crippen molar-refractivity contribution >= 4 is 17.3 Å². The van der Waals surface area contributed by atoms with Gasteiger partial charge >= 0.3 is 0 Å². The maximum atomic E-state index is 13.3. The third kappa shape index (κ3) is 5.13. The second kappa shape index (κ2) is 9.10. The maximum Gasteiger partial charge on any atom is 0.191 e. The van der Waals surface area contributed by atoms with Gasteiger partial charge in [0.05, 0.1) is 18.8 Å². The number of nitrogens with zero attached hydrogens (tertiary/aromatic N) is 2. The number of guanidine groups is 1. The summed E-state index contributed by atoms with van der Waals surface area (Å²) in [5.74, 6) is 0.445. The van der Waals surface area contributed by atoms with Gasteiger partial charge in [-0.05, 0) is 24.6 Å². The molecule has 3 rings (SSSR count). The quantitative estimate of drug-likeness (QED) is 0.506. The standard InChI is InChI=1S/C20H21FN4S/c1-2-22-20(23-12-15-7-6-10-17(21)11-15)24-13-19-25-18(14-26-19)16-8-4-3-5-9-16/h3-11,14H,2,12-13H2,1H3,(H2,22,23,24). The molecule has 0 aliphatic carbocycles. The first-order valence-corrected chi connectivity index (χ1v) is 9.39. The molecule has 3 aromatic rings. The lowest BCUT2D eigenvalue weighted by atomic mass is 10.2. The summed E-state index contributed by atoms with van der Waals surface area (Å²) in [5.41, 5.74) is 2.93. The van der Waals surface area contributed by atoms with E-state index in [2.05, 4.69) is 38.1 Å². The third-order valence-electron chi connectivity index (χ3n) is 3.68. The Morgan fingerprint density at radius 2 is 1.96 bits per heavy atom. The molecule has 0 saturated heterocycles. The SMILES string of the molecule is CCNC(=NCc1cccc(F)c1)NCc1nc(-c2ccccc2)cs1. The average Bonchev–Trinajstić information content (AvgIpc) is 3.14. The van der Waals surface area contributed by atoms with E-state index in [4.69, 9.17) is 0 Å². The highest BCUT2D eigenvalue weighted by Gasteiger charge is 2.05. The van der Waals surface area contributed by atoms with Gasteiger partial charge in [0.25, 0.3) is 0 Å². The lowest BCUT2D eigenvalue weighted by Crippen LogP contribution is -2.36.